The van der Waals surface area contributed by atoms with Crippen LogP contribution in [0.15, 0.2) is 24.5 Å². The number of aldehydes is 1. The van der Waals surface area contributed by atoms with Crippen molar-refractivity contribution in [2.24, 2.45) is 0 Å². The molecule has 0 saturated heterocycles. The molecule has 0 aliphatic heterocycles. The molecule has 0 amide bonds. The van der Waals surface area contributed by atoms with Gasteiger partial charge in [-0.2, -0.15) is 0 Å². The Morgan fingerprint density at radius 3 is 2.69 bits per heavy atom. The standard InChI is InChI=1S/C11H13NO/c13-9-11(5-1-2-6-11)10-4-3-7-12-8-10/h3-4,7-9H,1-2,5-6H2. The third-order valence-electron chi connectivity index (χ3n) is 2.96. The van der Waals surface area contributed by atoms with Crippen molar-refractivity contribution in [3.8, 4) is 0 Å². The van der Waals surface area contributed by atoms with Crippen LogP contribution in [-0.4, -0.2) is 11.3 Å². The second-order valence-electron chi connectivity index (χ2n) is 3.72. The number of hydrogen-bond acceptors (Lipinski definition) is 2. The van der Waals surface area contributed by atoms with Crippen LogP contribution in [0.4, 0.5) is 0 Å². The zero-order valence-corrected chi connectivity index (χ0v) is 7.57. The van der Waals surface area contributed by atoms with Crippen molar-refractivity contribution in [2.45, 2.75) is 31.1 Å². The lowest BCUT2D eigenvalue weighted by atomic mass is 9.81. The first-order valence-electron chi connectivity index (χ1n) is 4.74. The second kappa shape index (κ2) is 3.29. The number of rotatable bonds is 2. The quantitative estimate of drug-likeness (QED) is 0.644. The summed E-state index contributed by atoms with van der Waals surface area (Å²) in [6.07, 6.45) is 8.97. The van der Waals surface area contributed by atoms with Gasteiger partial charge in [-0.1, -0.05) is 18.9 Å². The average molecular weight is 175 g/mol. The minimum atomic E-state index is -0.214. The Labute approximate surface area is 78.0 Å². The first-order chi connectivity index (χ1) is 6.37. The molecule has 1 aromatic rings. The normalized spacial score (nSPS) is 20.0. The summed E-state index contributed by atoms with van der Waals surface area (Å²) in [7, 11) is 0. The molecule has 1 saturated carbocycles. The van der Waals surface area contributed by atoms with Gasteiger partial charge in [0.2, 0.25) is 0 Å². The summed E-state index contributed by atoms with van der Waals surface area (Å²) in [4.78, 5) is 15.2. The maximum atomic E-state index is 11.1. The smallest absolute Gasteiger partial charge is 0.130 e. The van der Waals surface area contributed by atoms with Gasteiger partial charge in [-0.05, 0) is 24.5 Å². The fraction of sp³-hybridized carbons (Fsp3) is 0.455. The number of aromatic nitrogens is 1. The first kappa shape index (κ1) is 8.42. The van der Waals surface area contributed by atoms with Crippen LogP contribution >= 0.6 is 0 Å². The van der Waals surface area contributed by atoms with Crippen LogP contribution in [0.25, 0.3) is 0 Å². The minimum absolute atomic E-state index is 0.214. The topological polar surface area (TPSA) is 30.0 Å². The second-order valence-corrected chi connectivity index (χ2v) is 3.72. The van der Waals surface area contributed by atoms with E-state index in [1.165, 1.54) is 0 Å². The highest BCUT2D eigenvalue weighted by atomic mass is 16.1. The lowest BCUT2D eigenvalue weighted by molar-refractivity contribution is -0.112. The molecule has 1 aliphatic carbocycles. The number of carbonyl (C=O) groups excluding carboxylic acids is 1. The summed E-state index contributed by atoms with van der Waals surface area (Å²) in [6, 6.07) is 3.91. The van der Waals surface area contributed by atoms with Crippen LogP contribution in [0.5, 0.6) is 0 Å². The van der Waals surface area contributed by atoms with E-state index in [0.717, 1.165) is 37.5 Å². The molecule has 0 bridgehead atoms. The molecular formula is C11H13NO. The van der Waals surface area contributed by atoms with Crippen LogP contribution < -0.4 is 0 Å². The van der Waals surface area contributed by atoms with Gasteiger partial charge in [-0.25, -0.2) is 0 Å². The Bertz CT molecular complexity index is 288. The van der Waals surface area contributed by atoms with Crippen LogP contribution in [0.3, 0.4) is 0 Å². The van der Waals surface area contributed by atoms with E-state index in [0.29, 0.717) is 0 Å². The Hall–Kier alpha value is -1.18. The fourth-order valence-electron chi connectivity index (χ4n) is 2.14. The Morgan fingerprint density at radius 2 is 2.15 bits per heavy atom. The lowest BCUT2D eigenvalue weighted by Gasteiger charge is -2.21. The molecule has 0 atom stereocenters. The third-order valence-corrected chi connectivity index (χ3v) is 2.96. The summed E-state index contributed by atoms with van der Waals surface area (Å²) < 4.78 is 0. The van der Waals surface area contributed by atoms with Gasteiger partial charge in [0.05, 0.1) is 5.41 Å². The molecular weight excluding hydrogens is 162 g/mol. The van der Waals surface area contributed by atoms with E-state index >= 15 is 0 Å². The van der Waals surface area contributed by atoms with Crippen LogP contribution in [0.2, 0.25) is 0 Å². The molecule has 1 aromatic heterocycles. The number of pyridine rings is 1. The summed E-state index contributed by atoms with van der Waals surface area (Å²) >= 11 is 0. The highest BCUT2D eigenvalue weighted by molar-refractivity contribution is 5.68. The van der Waals surface area contributed by atoms with Crippen molar-refractivity contribution >= 4 is 6.29 Å². The summed E-state index contributed by atoms with van der Waals surface area (Å²) in [6.45, 7) is 0. The molecule has 1 aliphatic rings. The molecule has 0 radical (unpaired) electrons. The largest absolute Gasteiger partial charge is 0.302 e. The van der Waals surface area contributed by atoms with Gasteiger partial charge >= 0.3 is 0 Å². The van der Waals surface area contributed by atoms with Crippen molar-refractivity contribution < 1.29 is 4.79 Å². The molecule has 2 rings (SSSR count). The molecule has 0 aromatic carbocycles. The van der Waals surface area contributed by atoms with E-state index in [-0.39, 0.29) is 5.41 Å². The molecule has 2 nitrogen and oxygen atoms in total. The van der Waals surface area contributed by atoms with E-state index in [1.807, 2.05) is 18.3 Å². The highest BCUT2D eigenvalue weighted by Crippen LogP contribution is 2.38. The van der Waals surface area contributed by atoms with E-state index in [4.69, 9.17) is 0 Å². The molecule has 2 heteroatoms. The maximum Gasteiger partial charge on any atom is 0.130 e. The molecule has 68 valence electrons. The SMILES string of the molecule is O=CC1(c2cccnc2)CCCC1. The summed E-state index contributed by atoms with van der Waals surface area (Å²) in [5, 5.41) is 0. The van der Waals surface area contributed by atoms with Crippen molar-refractivity contribution in [1.82, 2.24) is 4.98 Å². The fourth-order valence-corrected chi connectivity index (χ4v) is 2.14. The molecule has 0 unspecified atom stereocenters. The number of nitrogens with zero attached hydrogens (tertiary/aromatic N) is 1. The highest BCUT2D eigenvalue weighted by Gasteiger charge is 2.35. The van der Waals surface area contributed by atoms with Crippen molar-refractivity contribution in [3.05, 3.63) is 30.1 Å². The predicted molar refractivity (Wildman–Crippen MR) is 50.4 cm³/mol. The zero-order valence-electron chi connectivity index (χ0n) is 7.57. The molecule has 1 heterocycles. The van der Waals surface area contributed by atoms with Crippen molar-refractivity contribution in [1.29, 1.82) is 0 Å². The Kier molecular flexibility index (Phi) is 2.13. The molecule has 1 fully saturated rings. The van der Waals surface area contributed by atoms with Crippen LogP contribution in [-0.2, 0) is 10.2 Å². The maximum absolute atomic E-state index is 11.1. The van der Waals surface area contributed by atoms with Gasteiger partial charge in [-0.3, -0.25) is 4.98 Å². The number of hydrogen-bond donors (Lipinski definition) is 0. The summed E-state index contributed by atoms with van der Waals surface area (Å²) in [5.41, 5.74) is 0.872. The monoisotopic (exact) mass is 175 g/mol. The molecule has 0 N–H and O–H groups in total. The first-order valence-corrected chi connectivity index (χ1v) is 4.74. The van der Waals surface area contributed by atoms with Gasteiger partial charge in [0.15, 0.2) is 0 Å². The predicted octanol–water partition coefficient (Wildman–Crippen LogP) is 2.09. The lowest BCUT2D eigenvalue weighted by Crippen LogP contribution is -2.23. The van der Waals surface area contributed by atoms with Gasteiger partial charge in [0.1, 0.15) is 6.29 Å². The van der Waals surface area contributed by atoms with E-state index in [2.05, 4.69) is 4.98 Å². The van der Waals surface area contributed by atoms with E-state index in [1.54, 1.807) is 6.20 Å². The molecule has 13 heavy (non-hydrogen) atoms. The van der Waals surface area contributed by atoms with E-state index in [9.17, 15) is 4.79 Å². The zero-order chi connectivity index (χ0) is 9.15. The minimum Gasteiger partial charge on any atom is -0.302 e. The third kappa shape index (κ3) is 1.37. The van der Waals surface area contributed by atoms with Crippen molar-refractivity contribution in [2.75, 3.05) is 0 Å². The van der Waals surface area contributed by atoms with Gasteiger partial charge in [0.25, 0.3) is 0 Å². The molecule has 0 spiro atoms. The number of carbonyl (C=O) groups is 1. The van der Waals surface area contributed by atoms with E-state index < -0.39 is 0 Å². The van der Waals surface area contributed by atoms with Crippen molar-refractivity contribution in [3.63, 3.8) is 0 Å². The van der Waals surface area contributed by atoms with Crippen LogP contribution in [0.1, 0.15) is 31.2 Å². The van der Waals surface area contributed by atoms with Gasteiger partial charge in [-0.15, -0.1) is 0 Å². The Balaban J connectivity index is 2.36. The van der Waals surface area contributed by atoms with Crippen LogP contribution in [0, 0.1) is 0 Å². The summed E-state index contributed by atoms with van der Waals surface area (Å²) in [5.74, 6) is 0. The van der Waals surface area contributed by atoms with Gasteiger partial charge < -0.3 is 4.79 Å². The Morgan fingerprint density at radius 1 is 1.38 bits per heavy atom. The average Bonchev–Trinajstić information content (AvgIpc) is 2.69. The van der Waals surface area contributed by atoms with Gasteiger partial charge in [0, 0.05) is 12.4 Å².